The number of likely N-dealkylation sites (tertiary alicyclic amines) is 1. The van der Waals surface area contributed by atoms with E-state index in [1.54, 1.807) is 18.0 Å². The first-order chi connectivity index (χ1) is 12.4. The van der Waals surface area contributed by atoms with Gasteiger partial charge in [0.05, 0.1) is 12.4 Å². The molecule has 10 heteroatoms. The number of carboxylic acids is 1. The Labute approximate surface area is 156 Å². The van der Waals surface area contributed by atoms with E-state index in [1.165, 1.54) is 11.2 Å². The van der Waals surface area contributed by atoms with Crippen molar-refractivity contribution >= 4 is 29.5 Å². The van der Waals surface area contributed by atoms with Gasteiger partial charge in [0.15, 0.2) is 0 Å². The van der Waals surface area contributed by atoms with E-state index in [0.717, 1.165) is 5.69 Å². The Balaban J connectivity index is 2.02. The van der Waals surface area contributed by atoms with E-state index >= 15 is 0 Å². The number of H-pyrrole nitrogens is 1. The molecule has 3 atom stereocenters. The second kappa shape index (κ2) is 9.58. The molecule has 0 bridgehead atoms. The number of carbonyl (C=O) groups is 3. The number of imidazole rings is 1. The van der Waals surface area contributed by atoms with Gasteiger partial charge in [-0.1, -0.05) is 0 Å². The first kappa shape index (κ1) is 20.2. The Bertz CT molecular complexity index is 624. The van der Waals surface area contributed by atoms with E-state index in [4.69, 9.17) is 5.73 Å². The summed E-state index contributed by atoms with van der Waals surface area (Å²) in [6.07, 6.45) is 6.77. The van der Waals surface area contributed by atoms with Gasteiger partial charge in [0.1, 0.15) is 12.1 Å². The van der Waals surface area contributed by atoms with Crippen LogP contribution in [-0.2, 0) is 20.8 Å². The Morgan fingerprint density at radius 2 is 2.31 bits per heavy atom. The summed E-state index contributed by atoms with van der Waals surface area (Å²) in [4.78, 5) is 44.7. The second-order valence-corrected chi connectivity index (χ2v) is 7.24. The number of carboxylic acid groups (broad SMARTS) is 1. The van der Waals surface area contributed by atoms with Crippen molar-refractivity contribution < 1.29 is 19.5 Å². The molecule has 0 saturated carbocycles. The molecule has 2 amide bonds. The number of hydrogen-bond donors (Lipinski definition) is 4. The van der Waals surface area contributed by atoms with Gasteiger partial charge in [0.2, 0.25) is 11.8 Å². The van der Waals surface area contributed by atoms with Crippen molar-refractivity contribution in [1.82, 2.24) is 20.2 Å². The zero-order valence-corrected chi connectivity index (χ0v) is 15.5. The van der Waals surface area contributed by atoms with Crippen molar-refractivity contribution in [3.63, 3.8) is 0 Å². The quantitative estimate of drug-likeness (QED) is 0.454. The van der Waals surface area contributed by atoms with Crippen LogP contribution in [0.15, 0.2) is 12.5 Å². The van der Waals surface area contributed by atoms with Gasteiger partial charge < -0.3 is 26.0 Å². The highest BCUT2D eigenvalue weighted by Gasteiger charge is 2.37. The molecule has 1 aromatic heterocycles. The largest absolute Gasteiger partial charge is 0.480 e. The molecule has 1 saturated heterocycles. The molecule has 1 fully saturated rings. The van der Waals surface area contributed by atoms with Crippen LogP contribution in [-0.4, -0.2) is 74.4 Å². The van der Waals surface area contributed by atoms with Gasteiger partial charge in [0, 0.05) is 24.9 Å². The highest BCUT2D eigenvalue weighted by molar-refractivity contribution is 7.98. The molecule has 0 spiro atoms. The number of rotatable bonds is 9. The average Bonchev–Trinajstić information content (AvgIpc) is 3.29. The maximum absolute atomic E-state index is 12.8. The summed E-state index contributed by atoms with van der Waals surface area (Å²) < 4.78 is 0. The number of carbonyl (C=O) groups excluding carboxylic acids is 2. The third-order valence-electron chi connectivity index (χ3n) is 4.38. The second-order valence-electron chi connectivity index (χ2n) is 6.26. The lowest BCUT2D eigenvalue weighted by Gasteiger charge is -2.28. The Kier molecular flexibility index (Phi) is 7.46. The van der Waals surface area contributed by atoms with Crippen molar-refractivity contribution in [1.29, 1.82) is 0 Å². The van der Waals surface area contributed by atoms with Crippen LogP contribution in [0, 0.1) is 0 Å². The monoisotopic (exact) mass is 383 g/mol. The molecule has 1 aliphatic rings. The van der Waals surface area contributed by atoms with E-state index < -0.39 is 30.0 Å². The van der Waals surface area contributed by atoms with Gasteiger partial charge >= 0.3 is 5.97 Å². The third-order valence-corrected chi connectivity index (χ3v) is 5.02. The number of aromatic amines is 1. The fourth-order valence-corrected chi connectivity index (χ4v) is 3.46. The van der Waals surface area contributed by atoms with E-state index in [2.05, 4.69) is 15.3 Å². The van der Waals surface area contributed by atoms with Gasteiger partial charge in [-0.15, -0.1) is 0 Å². The van der Waals surface area contributed by atoms with E-state index in [-0.39, 0.29) is 12.3 Å². The van der Waals surface area contributed by atoms with Crippen LogP contribution in [0.3, 0.4) is 0 Å². The number of hydrogen-bond acceptors (Lipinski definition) is 6. The van der Waals surface area contributed by atoms with Gasteiger partial charge in [-0.2, -0.15) is 11.8 Å². The Morgan fingerprint density at radius 1 is 1.54 bits per heavy atom. The standard InChI is InChI=1S/C16H25N5O4S/c1-26-6-4-12(15(23)21-5-2-3-13(21)16(24)25)20-14(22)11(17)7-10-8-18-9-19-10/h8-9,11-13H,2-7,17H2,1H3,(H,18,19)(H,20,22)(H,24,25)/t11-,12-,13+/m0/s1. The van der Waals surface area contributed by atoms with Crippen LogP contribution in [0.4, 0.5) is 0 Å². The highest BCUT2D eigenvalue weighted by Crippen LogP contribution is 2.19. The Morgan fingerprint density at radius 3 is 2.92 bits per heavy atom. The molecule has 1 aromatic rings. The van der Waals surface area contributed by atoms with Crippen molar-refractivity contribution in [3.05, 3.63) is 18.2 Å². The summed E-state index contributed by atoms with van der Waals surface area (Å²) in [5.41, 5.74) is 6.66. The molecular weight excluding hydrogens is 358 g/mol. The van der Waals surface area contributed by atoms with Crippen molar-refractivity contribution in [2.24, 2.45) is 5.73 Å². The average molecular weight is 383 g/mol. The topological polar surface area (TPSA) is 141 Å². The van der Waals surface area contributed by atoms with Gasteiger partial charge in [-0.25, -0.2) is 9.78 Å². The third kappa shape index (κ3) is 5.21. The SMILES string of the molecule is CSCC[C@H](NC(=O)[C@@H](N)Cc1cnc[nH]1)C(=O)N1CCC[C@@H]1C(=O)O. The molecule has 0 aliphatic carbocycles. The van der Waals surface area contributed by atoms with Crippen LogP contribution < -0.4 is 11.1 Å². The van der Waals surface area contributed by atoms with Crippen LogP contribution >= 0.6 is 11.8 Å². The zero-order chi connectivity index (χ0) is 19.1. The molecular formula is C16H25N5O4S. The van der Waals surface area contributed by atoms with Crippen molar-refractivity contribution in [3.8, 4) is 0 Å². The molecule has 26 heavy (non-hydrogen) atoms. The zero-order valence-electron chi connectivity index (χ0n) is 14.7. The molecule has 0 aromatic carbocycles. The summed E-state index contributed by atoms with van der Waals surface area (Å²) in [7, 11) is 0. The number of aliphatic carboxylic acids is 1. The summed E-state index contributed by atoms with van der Waals surface area (Å²) in [5, 5.41) is 12.0. The lowest BCUT2D eigenvalue weighted by atomic mass is 10.1. The van der Waals surface area contributed by atoms with E-state index in [9.17, 15) is 19.5 Å². The van der Waals surface area contributed by atoms with E-state index in [0.29, 0.717) is 31.6 Å². The van der Waals surface area contributed by atoms with Crippen LogP contribution in [0.2, 0.25) is 0 Å². The molecule has 1 aliphatic heterocycles. The van der Waals surface area contributed by atoms with Crippen molar-refractivity contribution in [2.45, 2.75) is 43.8 Å². The minimum atomic E-state index is -1.01. The first-order valence-electron chi connectivity index (χ1n) is 8.49. The fraction of sp³-hybridized carbons (Fsp3) is 0.625. The predicted octanol–water partition coefficient (Wildman–Crippen LogP) is -0.407. The highest BCUT2D eigenvalue weighted by atomic mass is 32.2. The van der Waals surface area contributed by atoms with E-state index in [1.807, 2.05) is 6.26 Å². The van der Waals surface area contributed by atoms with Crippen molar-refractivity contribution in [2.75, 3.05) is 18.6 Å². The maximum Gasteiger partial charge on any atom is 0.326 e. The lowest BCUT2D eigenvalue weighted by Crippen LogP contribution is -2.55. The van der Waals surface area contributed by atoms with Gasteiger partial charge in [-0.3, -0.25) is 9.59 Å². The number of aromatic nitrogens is 2. The number of nitrogens with two attached hydrogens (primary N) is 1. The van der Waals surface area contributed by atoms with Crippen LogP contribution in [0.25, 0.3) is 0 Å². The Hall–Kier alpha value is -2.07. The number of nitrogens with one attached hydrogen (secondary N) is 2. The number of nitrogens with zero attached hydrogens (tertiary/aromatic N) is 2. The lowest BCUT2D eigenvalue weighted by molar-refractivity contribution is -0.149. The molecule has 2 heterocycles. The summed E-state index contributed by atoms with van der Waals surface area (Å²) >= 11 is 1.55. The number of amides is 2. The van der Waals surface area contributed by atoms with Gasteiger partial charge in [-0.05, 0) is 31.3 Å². The van der Waals surface area contributed by atoms with Crippen LogP contribution in [0.1, 0.15) is 25.0 Å². The molecule has 2 rings (SSSR count). The predicted molar refractivity (Wildman–Crippen MR) is 97.6 cm³/mol. The fourth-order valence-electron chi connectivity index (χ4n) is 2.99. The minimum absolute atomic E-state index is 0.275. The molecule has 0 unspecified atom stereocenters. The molecule has 5 N–H and O–H groups in total. The smallest absolute Gasteiger partial charge is 0.326 e. The normalized spacial score (nSPS) is 19.2. The molecule has 144 valence electrons. The van der Waals surface area contributed by atoms with Gasteiger partial charge in [0.25, 0.3) is 0 Å². The minimum Gasteiger partial charge on any atom is -0.480 e. The summed E-state index contributed by atoms with van der Waals surface area (Å²) in [5.74, 6) is -1.14. The molecule has 9 nitrogen and oxygen atoms in total. The van der Waals surface area contributed by atoms with Crippen LogP contribution in [0.5, 0.6) is 0 Å². The number of thioether (sulfide) groups is 1. The summed E-state index contributed by atoms with van der Waals surface area (Å²) in [6.45, 7) is 0.391. The molecule has 0 radical (unpaired) electrons. The summed E-state index contributed by atoms with van der Waals surface area (Å²) in [6, 6.07) is -2.42. The first-order valence-corrected chi connectivity index (χ1v) is 9.88. The maximum atomic E-state index is 12.8.